The second kappa shape index (κ2) is 7.92. The molecule has 0 fully saturated rings. The molecule has 0 saturated carbocycles. The predicted octanol–water partition coefficient (Wildman–Crippen LogP) is 3.43. The van der Waals surface area contributed by atoms with Crippen molar-refractivity contribution >= 4 is 32.4 Å². The Labute approximate surface area is 178 Å². The molecule has 3 aromatic carbocycles. The summed E-state index contributed by atoms with van der Waals surface area (Å²) in [5.41, 5.74) is 2.83. The molecule has 1 heterocycles. The van der Waals surface area contributed by atoms with E-state index in [0.717, 1.165) is 17.7 Å². The van der Waals surface area contributed by atoms with Gasteiger partial charge in [0.1, 0.15) is 5.82 Å². The van der Waals surface area contributed by atoms with Crippen molar-refractivity contribution in [1.82, 2.24) is 9.13 Å². The minimum absolute atomic E-state index is 0.0649. The molecule has 0 unspecified atom stereocenters. The predicted molar refractivity (Wildman–Crippen MR) is 119 cm³/mol. The molecule has 2 N–H and O–H groups in total. The zero-order chi connectivity index (χ0) is 22.2. The van der Waals surface area contributed by atoms with Gasteiger partial charge in [0.25, 0.3) is 10.0 Å². The van der Waals surface area contributed by atoms with E-state index in [1.54, 1.807) is 26.2 Å². The SMILES string of the molecule is Cn1c(=O)n(C)c2cc(NS(=O)(=O)c3ccc(F)cc3)c(NCc3ccccc3)cc21. The minimum Gasteiger partial charge on any atom is -0.379 e. The van der Waals surface area contributed by atoms with Crippen molar-refractivity contribution in [3.63, 3.8) is 0 Å². The number of fused-ring (bicyclic) bond motifs is 1. The van der Waals surface area contributed by atoms with E-state index in [4.69, 9.17) is 0 Å². The van der Waals surface area contributed by atoms with E-state index in [9.17, 15) is 17.6 Å². The highest BCUT2D eigenvalue weighted by Gasteiger charge is 2.19. The largest absolute Gasteiger partial charge is 0.379 e. The maximum Gasteiger partial charge on any atom is 0.328 e. The number of nitrogens with zero attached hydrogens (tertiary/aromatic N) is 2. The quantitative estimate of drug-likeness (QED) is 0.481. The van der Waals surface area contributed by atoms with Gasteiger partial charge in [0.15, 0.2) is 0 Å². The van der Waals surface area contributed by atoms with Crippen molar-refractivity contribution in [3.05, 3.63) is 88.6 Å². The fraction of sp³-hybridized carbons (Fsp3) is 0.136. The number of imidazole rings is 1. The molecule has 0 amide bonds. The van der Waals surface area contributed by atoms with Crippen LogP contribution < -0.4 is 15.7 Å². The van der Waals surface area contributed by atoms with Gasteiger partial charge in [-0.15, -0.1) is 0 Å². The molecule has 1 aromatic heterocycles. The van der Waals surface area contributed by atoms with Crippen LogP contribution in [0, 0.1) is 5.82 Å². The third-order valence-electron chi connectivity index (χ3n) is 5.11. The summed E-state index contributed by atoms with van der Waals surface area (Å²) in [6, 6.07) is 17.6. The van der Waals surface area contributed by atoms with Crippen LogP contribution in [0.15, 0.2) is 76.4 Å². The summed E-state index contributed by atoms with van der Waals surface area (Å²) in [6.45, 7) is 0.457. The standard InChI is InChI=1S/C22H21FN4O3S/c1-26-20-12-18(24-14-15-6-4-3-5-7-15)19(13-21(20)27(2)22(26)28)25-31(29,30)17-10-8-16(23)9-11-17/h3-13,24-25H,14H2,1-2H3. The first kappa shape index (κ1) is 20.7. The van der Waals surface area contributed by atoms with Crippen molar-refractivity contribution in [2.45, 2.75) is 11.4 Å². The third kappa shape index (κ3) is 4.04. The lowest BCUT2D eigenvalue weighted by Crippen LogP contribution is -2.19. The molecule has 0 aliphatic rings. The van der Waals surface area contributed by atoms with Crippen LogP contribution in [0.25, 0.3) is 11.0 Å². The van der Waals surface area contributed by atoms with Crippen LogP contribution in [0.3, 0.4) is 0 Å². The Hall–Kier alpha value is -3.59. The average molecular weight is 441 g/mol. The zero-order valence-corrected chi connectivity index (χ0v) is 17.8. The Kier molecular flexibility index (Phi) is 5.28. The summed E-state index contributed by atoms with van der Waals surface area (Å²) in [5, 5.41) is 3.25. The fourth-order valence-electron chi connectivity index (χ4n) is 3.39. The van der Waals surface area contributed by atoms with E-state index < -0.39 is 15.8 Å². The van der Waals surface area contributed by atoms with E-state index >= 15 is 0 Å². The Morgan fingerprint density at radius 3 is 2.06 bits per heavy atom. The number of halogens is 1. The fourth-order valence-corrected chi connectivity index (χ4v) is 4.46. The third-order valence-corrected chi connectivity index (χ3v) is 6.49. The van der Waals surface area contributed by atoms with E-state index in [-0.39, 0.29) is 16.3 Å². The number of sulfonamides is 1. The molecule has 0 radical (unpaired) electrons. The van der Waals surface area contributed by atoms with Gasteiger partial charge >= 0.3 is 5.69 Å². The van der Waals surface area contributed by atoms with Crippen molar-refractivity contribution < 1.29 is 12.8 Å². The van der Waals surface area contributed by atoms with Gasteiger partial charge in [0, 0.05) is 20.6 Å². The van der Waals surface area contributed by atoms with Crippen LogP contribution in [0.1, 0.15) is 5.56 Å². The maximum atomic E-state index is 13.2. The molecule has 4 aromatic rings. The lowest BCUT2D eigenvalue weighted by molar-refractivity contribution is 0.599. The normalized spacial score (nSPS) is 11.6. The number of aryl methyl sites for hydroxylation is 2. The monoisotopic (exact) mass is 440 g/mol. The van der Waals surface area contributed by atoms with E-state index in [1.807, 2.05) is 30.3 Å². The molecule has 4 rings (SSSR count). The smallest absolute Gasteiger partial charge is 0.328 e. The molecule has 7 nitrogen and oxygen atoms in total. The van der Waals surface area contributed by atoms with E-state index in [0.29, 0.717) is 23.3 Å². The van der Waals surface area contributed by atoms with Gasteiger partial charge in [-0.2, -0.15) is 0 Å². The molecular formula is C22H21FN4O3S. The van der Waals surface area contributed by atoms with Crippen LogP contribution in [-0.4, -0.2) is 17.6 Å². The first-order valence-corrected chi connectivity index (χ1v) is 11.0. The first-order valence-electron chi connectivity index (χ1n) is 9.52. The molecular weight excluding hydrogens is 419 g/mol. The summed E-state index contributed by atoms with van der Waals surface area (Å²) in [6.07, 6.45) is 0. The molecule has 0 spiro atoms. The Balaban J connectivity index is 1.78. The summed E-state index contributed by atoms with van der Waals surface area (Å²) in [4.78, 5) is 12.3. The highest BCUT2D eigenvalue weighted by molar-refractivity contribution is 7.92. The summed E-state index contributed by atoms with van der Waals surface area (Å²) >= 11 is 0. The number of rotatable bonds is 6. The topological polar surface area (TPSA) is 85.1 Å². The maximum absolute atomic E-state index is 13.2. The highest BCUT2D eigenvalue weighted by Crippen LogP contribution is 2.30. The molecule has 31 heavy (non-hydrogen) atoms. The van der Waals surface area contributed by atoms with Crippen LogP contribution in [-0.2, 0) is 30.7 Å². The van der Waals surface area contributed by atoms with E-state index in [1.165, 1.54) is 21.3 Å². The first-order chi connectivity index (χ1) is 14.8. The van der Waals surface area contributed by atoms with Crippen molar-refractivity contribution in [2.75, 3.05) is 10.0 Å². The van der Waals surface area contributed by atoms with Gasteiger partial charge in [-0.3, -0.25) is 13.9 Å². The minimum atomic E-state index is -3.97. The van der Waals surface area contributed by atoms with Gasteiger partial charge in [-0.1, -0.05) is 30.3 Å². The second-order valence-corrected chi connectivity index (χ2v) is 8.87. The summed E-state index contributed by atoms with van der Waals surface area (Å²) in [7, 11) is -0.686. The van der Waals surface area contributed by atoms with Crippen molar-refractivity contribution in [3.8, 4) is 0 Å². The Bertz CT molecular complexity index is 1410. The lowest BCUT2D eigenvalue weighted by atomic mass is 10.2. The van der Waals surface area contributed by atoms with Crippen LogP contribution in [0.5, 0.6) is 0 Å². The van der Waals surface area contributed by atoms with Gasteiger partial charge in [0.05, 0.1) is 27.3 Å². The summed E-state index contributed by atoms with van der Waals surface area (Å²) < 4.78 is 44.5. The van der Waals surface area contributed by atoms with Crippen molar-refractivity contribution in [2.24, 2.45) is 14.1 Å². The van der Waals surface area contributed by atoms with Gasteiger partial charge < -0.3 is 5.32 Å². The van der Waals surface area contributed by atoms with Gasteiger partial charge in [-0.05, 0) is 42.0 Å². The zero-order valence-electron chi connectivity index (χ0n) is 17.0. The van der Waals surface area contributed by atoms with Crippen LogP contribution >= 0.6 is 0 Å². The van der Waals surface area contributed by atoms with Crippen LogP contribution in [0.4, 0.5) is 15.8 Å². The summed E-state index contributed by atoms with van der Waals surface area (Å²) in [5.74, 6) is -0.523. The van der Waals surface area contributed by atoms with Gasteiger partial charge in [-0.25, -0.2) is 17.6 Å². The molecule has 0 aliphatic heterocycles. The molecule has 0 aliphatic carbocycles. The average Bonchev–Trinajstić information content (AvgIpc) is 2.96. The number of benzene rings is 3. The molecule has 0 atom stereocenters. The van der Waals surface area contributed by atoms with Crippen LogP contribution in [0.2, 0.25) is 0 Å². The van der Waals surface area contributed by atoms with Gasteiger partial charge in [0.2, 0.25) is 0 Å². The number of anilines is 2. The number of aromatic nitrogens is 2. The van der Waals surface area contributed by atoms with E-state index in [2.05, 4.69) is 10.0 Å². The van der Waals surface area contributed by atoms with Crippen molar-refractivity contribution in [1.29, 1.82) is 0 Å². The molecule has 0 saturated heterocycles. The number of hydrogen-bond acceptors (Lipinski definition) is 4. The number of nitrogens with one attached hydrogen (secondary N) is 2. The molecule has 160 valence electrons. The highest BCUT2D eigenvalue weighted by atomic mass is 32.2. The second-order valence-electron chi connectivity index (χ2n) is 7.19. The lowest BCUT2D eigenvalue weighted by Gasteiger charge is -2.15. The Morgan fingerprint density at radius 1 is 0.871 bits per heavy atom. The molecule has 9 heteroatoms. The Morgan fingerprint density at radius 2 is 1.45 bits per heavy atom. The molecule has 0 bridgehead atoms. The number of hydrogen-bond donors (Lipinski definition) is 2.